The van der Waals surface area contributed by atoms with Gasteiger partial charge in [-0.3, -0.25) is 0 Å². The minimum atomic E-state index is -1.49. The van der Waals surface area contributed by atoms with E-state index >= 15 is 0 Å². The lowest BCUT2D eigenvalue weighted by Gasteiger charge is -2.23. The summed E-state index contributed by atoms with van der Waals surface area (Å²) in [4.78, 5) is 0. The maximum Gasteiger partial charge on any atom is 0.187 e. The van der Waals surface area contributed by atoms with Crippen LogP contribution in [0.25, 0.3) is 0 Å². The van der Waals surface area contributed by atoms with Crippen LogP contribution in [0.15, 0.2) is 0 Å². The molecule has 19 heavy (non-hydrogen) atoms. The summed E-state index contributed by atoms with van der Waals surface area (Å²) >= 11 is 0. The lowest BCUT2D eigenvalue weighted by atomic mass is 10.1. The molecule has 0 spiro atoms. The highest BCUT2D eigenvalue weighted by atomic mass is 16.7. The van der Waals surface area contributed by atoms with E-state index in [4.69, 9.17) is 24.4 Å². The normalized spacial score (nSPS) is 50.8. The molecule has 0 bridgehead atoms. The Balaban J connectivity index is 1.98. The van der Waals surface area contributed by atoms with Crippen molar-refractivity contribution < 1.29 is 44.8 Å². The fourth-order valence-electron chi connectivity index (χ4n) is 2.15. The van der Waals surface area contributed by atoms with Crippen LogP contribution in [0, 0.1) is 0 Å². The van der Waals surface area contributed by atoms with Gasteiger partial charge in [-0.05, 0) is 0 Å². The molecule has 2 saturated heterocycles. The van der Waals surface area contributed by atoms with E-state index in [0.29, 0.717) is 0 Å². The van der Waals surface area contributed by atoms with E-state index in [1.165, 1.54) is 0 Å². The number of hydrogen-bond acceptors (Lipinski definition) is 9. The van der Waals surface area contributed by atoms with E-state index < -0.39 is 62.4 Å². The second-order valence-corrected chi connectivity index (χ2v) is 4.55. The van der Waals surface area contributed by atoms with Crippen LogP contribution in [-0.2, 0) is 14.2 Å². The first-order valence-electron chi connectivity index (χ1n) is 5.90. The molecule has 2 unspecified atom stereocenters. The van der Waals surface area contributed by atoms with E-state index in [1.54, 1.807) is 0 Å². The van der Waals surface area contributed by atoms with Gasteiger partial charge in [-0.15, -0.1) is 0 Å². The molecule has 2 aliphatic rings. The Hall–Kier alpha value is -0.360. The van der Waals surface area contributed by atoms with Gasteiger partial charge in [0.2, 0.25) is 0 Å². The van der Waals surface area contributed by atoms with Crippen molar-refractivity contribution in [1.29, 1.82) is 0 Å². The number of ether oxygens (including phenoxy) is 3. The number of aliphatic hydroxyl groups excluding tert-OH is 6. The van der Waals surface area contributed by atoms with Crippen LogP contribution in [0.2, 0.25) is 0 Å². The van der Waals surface area contributed by atoms with Crippen molar-refractivity contribution in [1.82, 2.24) is 0 Å². The Bertz CT molecular complexity index is 301. The second-order valence-electron chi connectivity index (χ2n) is 4.55. The monoisotopic (exact) mass is 282 g/mol. The summed E-state index contributed by atoms with van der Waals surface area (Å²) in [5.41, 5.74) is 0. The Labute approximate surface area is 108 Å². The van der Waals surface area contributed by atoms with Crippen LogP contribution in [0.4, 0.5) is 0 Å². The quantitative estimate of drug-likeness (QED) is 0.302. The number of rotatable bonds is 4. The molecule has 0 saturated carbocycles. The summed E-state index contributed by atoms with van der Waals surface area (Å²) in [7, 11) is 0. The molecular formula is C10H18O9. The molecule has 2 heterocycles. The minimum absolute atomic E-state index is 0.506. The summed E-state index contributed by atoms with van der Waals surface area (Å²) in [6.07, 6.45) is -10.1. The van der Waals surface area contributed by atoms with Crippen LogP contribution in [-0.4, -0.2) is 93.1 Å². The maximum atomic E-state index is 9.74. The van der Waals surface area contributed by atoms with Gasteiger partial charge >= 0.3 is 0 Å². The third kappa shape index (κ3) is 2.75. The first-order chi connectivity index (χ1) is 8.99. The Morgan fingerprint density at radius 1 is 0.789 bits per heavy atom. The van der Waals surface area contributed by atoms with E-state index in [2.05, 4.69) is 0 Å². The first-order valence-corrected chi connectivity index (χ1v) is 5.90. The van der Waals surface area contributed by atoms with Crippen LogP contribution < -0.4 is 0 Å². The zero-order valence-corrected chi connectivity index (χ0v) is 9.94. The molecular weight excluding hydrogens is 264 g/mol. The van der Waals surface area contributed by atoms with Gasteiger partial charge in [-0.2, -0.15) is 0 Å². The van der Waals surface area contributed by atoms with Gasteiger partial charge < -0.3 is 44.8 Å². The summed E-state index contributed by atoms with van der Waals surface area (Å²) in [5, 5.41) is 56.2. The van der Waals surface area contributed by atoms with Crippen molar-refractivity contribution in [2.45, 2.75) is 49.2 Å². The Kier molecular flexibility index (Phi) is 4.71. The number of hydrogen-bond donors (Lipinski definition) is 6. The molecule has 8 atom stereocenters. The van der Waals surface area contributed by atoms with E-state index in [-0.39, 0.29) is 0 Å². The van der Waals surface area contributed by atoms with Crippen molar-refractivity contribution in [3.8, 4) is 0 Å². The lowest BCUT2D eigenvalue weighted by molar-refractivity contribution is -0.236. The molecule has 2 aliphatic heterocycles. The van der Waals surface area contributed by atoms with Gasteiger partial charge in [0, 0.05) is 0 Å². The molecule has 0 radical (unpaired) electrons. The highest BCUT2D eigenvalue weighted by molar-refractivity contribution is 4.91. The van der Waals surface area contributed by atoms with Crippen LogP contribution in [0.1, 0.15) is 0 Å². The van der Waals surface area contributed by atoms with Gasteiger partial charge in [0.25, 0.3) is 0 Å². The van der Waals surface area contributed by atoms with Crippen molar-refractivity contribution in [2.24, 2.45) is 0 Å². The van der Waals surface area contributed by atoms with Gasteiger partial charge in [0.1, 0.15) is 36.6 Å². The Morgan fingerprint density at radius 2 is 1.37 bits per heavy atom. The standard InChI is InChI=1S/C10H18O9/c11-1-3-5(13)7(15)10(18-3)19-8-6(14)4(2-12)17-9(8)16/h3-16H,1-2H2/t3-,4-,5-,6-,7+,8+,9?,10?/m1/s1. The van der Waals surface area contributed by atoms with Gasteiger partial charge in [-0.1, -0.05) is 0 Å². The molecule has 9 nitrogen and oxygen atoms in total. The van der Waals surface area contributed by atoms with Crippen molar-refractivity contribution in [2.75, 3.05) is 13.2 Å². The highest BCUT2D eigenvalue weighted by Gasteiger charge is 2.49. The van der Waals surface area contributed by atoms with Crippen molar-refractivity contribution in [3.05, 3.63) is 0 Å². The van der Waals surface area contributed by atoms with Crippen molar-refractivity contribution in [3.63, 3.8) is 0 Å². The van der Waals surface area contributed by atoms with Crippen LogP contribution in [0.3, 0.4) is 0 Å². The molecule has 0 aromatic heterocycles. The molecule has 0 amide bonds. The third-order valence-electron chi connectivity index (χ3n) is 3.28. The topological polar surface area (TPSA) is 149 Å². The first kappa shape index (κ1) is 15.0. The molecule has 0 aromatic rings. The average Bonchev–Trinajstić information content (AvgIpc) is 2.83. The molecule has 6 N–H and O–H groups in total. The smallest absolute Gasteiger partial charge is 0.187 e. The SMILES string of the molecule is OC[C@H]1OC(O[C@@H]2C(O)O[C@H](CO)[C@H]2O)[C@@H](O)[C@@H]1O. The zero-order valence-electron chi connectivity index (χ0n) is 9.94. The summed E-state index contributed by atoms with van der Waals surface area (Å²) in [6, 6.07) is 0. The third-order valence-corrected chi connectivity index (χ3v) is 3.28. The molecule has 9 heteroatoms. The highest BCUT2D eigenvalue weighted by Crippen LogP contribution is 2.28. The number of aliphatic hydroxyl groups is 6. The fourth-order valence-corrected chi connectivity index (χ4v) is 2.15. The Morgan fingerprint density at radius 3 is 1.84 bits per heavy atom. The van der Waals surface area contributed by atoms with Crippen molar-refractivity contribution >= 4 is 0 Å². The summed E-state index contributed by atoms with van der Waals surface area (Å²) in [5.74, 6) is 0. The maximum absolute atomic E-state index is 9.74. The molecule has 2 rings (SSSR count). The van der Waals surface area contributed by atoms with Gasteiger partial charge in [0.15, 0.2) is 12.6 Å². The summed E-state index contributed by atoms with van der Waals surface area (Å²) < 4.78 is 15.1. The molecule has 0 aromatic carbocycles. The van der Waals surface area contributed by atoms with Crippen LogP contribution >= 0.6 is 0 Å². The largest absolute Gasteiger partial charge is 0.394 e. The molecule has 0 aliphatic carbocycles. The average molecular weight is 282 g/mol. The van der Waals surface area contributed by atoms with E-state index in [9.17, 15) is 20.4 Å². The molecule has 112 valence electrons. The van der Waals surface area contributed by atoms with E-state index in [0.717, 1.165) is 0 Å². The lowest BCUT2D eigenvalue weighted by Crippen LogP contribution is -2.42. The second kappa shape index (κ2) is 5.95. The predicted molar refractivity (Wildman–Crippen MR) is 56.6 cm³/mol. The van der Waals surface area contributed by atoms with E-state index in [1.807, 2.05) is 0 Å². The van der Waals surface area contributed by atoms with Gasteiger partial charge in [-0.25, -0.2) is 0 Å². The van der Waals surface area contributed by atoms with Gasteiger partial charge in [0.05, 0.1) is 13.2 Å². The zero-order chi connectivity index (χ0) is 14.2. The minimum Gasteiger partial charge on any atom is -0.394 e. The van der Waals surface area contributed by atoms with Crippen LogP contribution in [0.5, 0.6) is 0 Å². The molecule has 2 fully saturated rings. The summed E-state index contributed by atoms with van der Waals surface area (Å²) in [6.45, 7) is -1.02. The fraction of sp³-hybridized carbons (Fsp3) is 1.00. The predicted octanol–water partition coefficient (Wildman–Crippen LogP) is -4.12.